The van der Waals surface area contributed by atoms with Gasteiger partial charge >= 0.3 is 0 Å². The molecule has 8 aromatic carbocycles. The van der Waals surface area contributed by atoms with Crippen LogP contribution < -0.4 is 19.3 Å². The Bertz CT molecular complexity index is 2310. The number of fused-ring (bicyclic) bond motifs is 8. The van der Waals surface area contributed by atoms with Crippen LogP contribution in [0.15, 0.2) is 206 Å². The molecule has 0 radical (unpaired) electrons. The Hall–Kier alpha value is -7.04. The number of hydrogen-bond acceptors (Lipinski definition) is 4. The van der Waals surface area contributed by atoms with Gasteiger partial charge in [-0.1, -0.05) is 121 Å². The zero-order valence-corrected chi connectivity index (χ0v) is 28.8. The number of ether oxygens (including phenoxy) is 2. The van der Waals surface area contributed by atoms with E-state index in [9.17, 15) is 0 Å². The van der Waals surface area contributed by atoms with Crippen molar-refractivity contribution in [1.82, 2.24) is 0 Å². The van der Waals surface area contributed by atoms with Crippen molar-refractivity contribution in [2.75, 3.05) is 9.80 Å². The molecule has 0 fully saturated rings. The molecule has 2 heterocycles. The molecule has 0 amide bonds. The number of hydrogen-bond donors (Lipinski definition) is 0. The van der Waals surface area contributed by atoms with Gasteiger partial charge in [0.05, 0.1) is 5.41 Å². The van der Waals surface area contributed by atoms with Crippen molar-refractivity contribution in [2.45, 2.75) is 5.41 Å². The first-order valence-electron chi connectivity index (χ1n) is 17.9. The number of rotatable bonds is 6. The minimum atomic E-state index is -0.708. The molecule has 0 bridgehead atoms. The van der Waals surface area contributed by atoms with E-state index in [0.717, 1.165) is 79.4 Å². The summed E-state index contributed by atoms with van der Waals surface area (Å²) in [6.07, 6.45) is 0. The minimum absolute atomic E-state index is 0.708. The maximum absolute atomic E-state index is 6.90. The lowest BCUT2D eigenvalue weighted by atomic mass is 9.62. The van der Waals surface area contributed by atoms with Crippen LogP contribution in [0.4, 0.5) is 34.1 Å². The molecule has 0 aliphatic carbocycles. The quantitative estimate of drug-likeness (QED) is 0.174. The summed E-state index contributed by atoms with van der Waals surface area (Å²) in [5, 5.41) is 0. The summed E-state index contributed by atoms with van der Waals surface area (Å²) in [4.78, 5) is 4.55. The molecule has 10 rings (SSSR count). The summed E-state index contributed by atoms with van der Waals surface area (Å²) in [7, 11) is 0. The highest BCUT2D eigenvalue weighted by Crippen LogP contribution is 2.62. The summed E-state index contributed by atoms with van der Waals surface area (Å²) in [6.45, 7) is 0. The van der Waals surface area contributed by atoms with Crippen molar-refractivity contribution in [3.8, 4) is 23.0 Å². The predicted octanol–water partition coefficient (Wildman–Crippen LogP) is 13.2. The molecule has 1 spiro atoms. The van der Waals surface area contributed by atoms with E-state index in [1.807, 2.05) is 24.3 Å². The van der Waals surface area contributed by atoms with Gasteiger partial charge in [0.25, 0.3) is 0 Å². The van der Waals surface area contributed by atoms with Gasteiger partial charge in [0.15, 0.2) is 0 Å². The Kier molecular flexibility index (Phi) is 7.33. The van der Waals surface area contributed by atoms with Crippen molar-refractivity contribution in [3.05, 3.63) is 229 Å². The molecule has 252 valence electrons. The zero-order chi connectivity index (χ0) is 35.2. The zero-order valence-electron chi connectivity index (χ0n) is 28.8. The average Bonchev–Trinajstić information content (AvgIpc) is 3.22. The van der Waals surface area contributed by atoms with Crippen molar-refractivity contribution in [1.29, 1.82) is 0 Å². The van der Waals surface area contributed by atoms with E-state index >= 15 is 0 Å². The number of para-hydroxylation sites is 6. The fraction of sp³-hybridized carbons (Fsp3) is 0.0204. The Labute approximate surface area is 309 Å². The molecular weight excluding hydrogens is 649 g/mol. The van der Waals surface area contributed by atoms with Gasteiger partial charge in [-0.15, -0.1) is 0 Å². The van der Waals surface area contributed by atoms with Crippen LogP contribution in [0.5, 0.6) is 23.0 Å². The maximum atomic E-state index is 6.90. The Morgan fingerprint density at radius 3 is 0.925 bits per heavy atom. The van der Waals surface area contributed by atoms with Crippen LogP contribution in [0.2, 0.25) is 0 Å². The molecule has 2 aliphatic heterocycles. The highest BCUT2D eigenvalue weighted by Gasteiger charge is 2.50. The molecule has 0 N–H and O–H groups in total. The lowest BCUT2D eigenvalue weighted by Gasteiger charge is -2.45. The van der Waals surface area contributed by atoms with Crippen LogP contribution in [0.3, 0.4) is 0 Å². The fourth-order valence-corrected chi connectivity index (χ4v) is 8.13. The highest BCUT2D eigenvalue weighted by atomic mass is 16.5. The van der Waals surface area contributed by atoms with Gasteiger partial charge in [-0.25, -0.2) is 0 Å². The summed E-state index contributed by atoms with van der Waals surface area (Å²) in [6, 6.07) is 72.1. The lowest BCUT2D eigenvalue weighted by molar-refractivity contribution is 0.399. The van der Waals surface area contributed by atoms with Crippen LogP contribution in [-0.2, 0) is 5.41 Å². The van der Waals surface area contributed by atoms with Gasteiger partial charge in [0.2, 0.25) is 0 Å². The molecular formula is C49H34N2O2. The van der Waals surface area contributed by atoms with Gasteiger partial charge in [0.1, 0.15) is 23.0 Å². The molecule has 0 saturated heterocycles. The van der Waals surface area contributed by atoms with Gasteiger partial charge in [-0.3, -0.25) is 0 Å². The van der Waals surface area contributed by atoms with Gasteiger partial charge in [0, 0.05) is 68.5 Å². The average molecular weight is 683 g/mol. The third-order valence-corrected chi connectivity index (χ3v) is 10.3. The molecule has 53 heavy (non-hydrogen) atoms. The Morgan fingerprint density at radius 2 is 0.566 bits per heavy atom. The maximum Gasteiger partial charge on any atom is 0.134 e. The first-order chi connectivity index (χ1) is 26.3. The second-order valence-electron chi connectivity index (χ2n) is 13.3. The number of nitrogens with zero attached hydrogens (tertiary/aromatic N) is 2. The highest BCUT2D eigenvalue weighted by molar-refractivity contribution is 5.83. The van der Waals surface area contributed by atoms with E-state index < -0.39 is 5.41 Å². The molecule has 0 atom stereocenters. The summed E-state index contributed by atoms with van der Waals surface area (Å²) in [5.41, 5.74) is 9.87. The van der Waals surface area contributed by atoms with E-state index in [1.165, 1.54) is 0 Å². The molecule has 4 nitrogen and oxygen atoms in total. The number of anilines is 6. The second-order valence-corrected chi connectivity index (χ2v) is 13.3. The summed E-state index contributed by atoms with van der Waals surface area (Å²) >= 11 is 0. The standard InChI is InChI=1S/C49H34N2O2/c1-5-17-35(18-6-1)50(36-19-7-2-8-20-36)39-29-31-43-47(33-39)52-45-27-15-13-25-41(45)49(43)42-26-14-16-28-46(42)53-48-34-40(30-32-44(48)49)51(37-21-9-3-10-22-37)38-23-11-4-12-24-38/h1-34H. The minimum Gasteiger partial charge on any atom is -0.457 e. The molecule has 0 aromatic heterocycles. The first-order valence-corrected chi connectivity index (χ1v) is 17.9. The van der Waals surface area contributed by atoms with Crippen molar-refractivity contribution in [2.24, 2.45) is 0 Å². The van der Waals surface area contributed by atoms with Gasteiger partial charge in [-0.2, -0.15) is 0 Å². The second kappa shape index (κ2) is 12.6. The SMILES string of the molecule is c1ccc(N(c2ccccc2)c2ccc3c(c2)Oc2ccccc2C32c3ccccc3Oc3cc(N(c4ccccc4)c4ccccc4)ccc32)cc1. The predicted molar refractivity (Wildman–Crippen MR) is 214 cm³/mol. The molecule has 2 aliphatic rings. The monoisotopic (exact) mass is 682 g/mol. The lowest BCUT2D eigenvalue weighted by Crippen LogP contribution is -2.37. The van der Waals surface area contributed by atoms with Crippen molar-refractivity contribution >= 4 is 34.1 Å². The molecule has 0 saturated carbocycles. The van der Waals surface area contributed by atoms with Crippen molar-refractivity contribution in [3.63, 3.8) is 0 Å². The van der Waals surface area contributed by atoms with Crippen LogP contribution in [0, 0.1) is 0 Å². The molecule has 8 aromatic rings. The van der Waals surface area contributed by atoms with Crippen LogP contribution in [-0.4, -0.2) is 0 Å². The van der Waals surface area contributed by atoms with Crippen molar-refractivity contribution < 1.29 is 9.47 Å². The van der Waals surface area contributed by atoms with Gasteiger partial charge < -0.3 is 19.3 Å². The Balaban J connectivity index is 1.21. The van der Waals surface area contributed by atoms with E-state index in [0.29, 0.717) is 0 Å². The van der Waals surface area contributed by atoms with E-state index in [1.54, 1.807) is 0 Å². The first kappa shape index (κ1) is 30.8. The van der Waals surface area contributed by atoms with Crippen LogP contribution in [0.25, 0.3) is 0 Å². The smallest absolute Gasteiger partial charge is 0.134 e. The topological polar surface area (TPSA) is 24.9 Å². The van der Waals surface area contributed by atoms with Gasteiger partial charge in [-0.05, 0) is 72.8 Å². The third kappa shape index (κ3) is 4.99. The molecule has 4 heteroatoms. The van der Waals surface area contributed by atoms with Crippen LogP contribution >= 0.6 is 0 Å². The fourth-order valence-electron chi connectivity index (χ4n) is 8.13. The summed E-state index contributed by atoms with van der Waals surface area (Å²) < 4.78 is 13.8. The van der Waals surface area contributed by atoms with E-state index in [4.69, 9.17) is 9.47 Å². The third-order valence-electron chi connectivity index (χ3n) is 10.3. The summed E-state index contributed by atoms with van der Waals surface area (Å²) in [5.74, 6) is 3.26. The molecule has 0 unspecified atom stereocenters. The van der Waals surface area contributed by atoms with E-state index in [2.05, 4.69) is 192 Å². The van der Waals surface area contributed by atoms with Crippen LogP contribution in [0.1, 0.15) is 22.3 Å². The largest absolute Gasteiger partial charge is 0.457 e. The number of benzene rings is 8. The van der Waals surface area contributed by atoms with E-state index in [-0.39, 0.29) is 0 Å². The normalized spacial score (nSPS) is 13.0. The Morgan fingerprint density at radius 1 is 0.264 bits per heavy atom.